The number of ether oxygens (including phenoxy) is 4. The van der Waals surface area contributed by atoms with E-state index in [1.807, 2.05) is 0 Å². The fourth-order valence-corrected chi connectivity index (χ4v) is 6.93. The number of halogens is 3. The number of hydrogen-bond donors (Lipinski definition) is 1. The minimum atomic E-state index is -4.45. The SMILES string of the molecule is COCCOC(=O)N1C[C@@H]2C[C@@H](NC3CCOCC3OC)C[C@]2(C(=O)N2CCc3ccc(C(F)(F)F)cc3C2)C1. The van der Waals surface area contributed by atoms with Gasteiger partial charge < -0.3 is 34.1 Å². The van der Waals surface area contributed by atoms with Gasteiger partial charge >= 0.3 is 12.3 Å². The Kier molecular flexibility index (Phi) is 8.61. The van der Waals surface area contributed by atoms with E-state index in [4.69, 9.17) is 18.9 Å². The Bertz CT molecular complexity index is 1090. The second kappa shape index (κ2) is 11.8. The number of hydrogen-bond acceptors (Lipinski definition) is 7. The minimum absolute atomic E-state index is 0.0373. The van der Waals surface area contributed by atoms with Crippen molar-refractivity contribution in [2.24, 2.45) is 11.3 Å². The van der Waals surface area contributed by atoms with Gasteiger partial charge in [-0.05, 0) is 54.9 Å². The zero-order chi connectivity index (χ0) is 28.5. The van der Waals surface area contributed by atoms with Gasteiger partial charge in [0, 0.05) is 59.1 Å². The van der Waals surface area contributed by atoms with Crippen molar-refractivity contribution in [2.45, 2.75) is 56.6 Å². The fourth-order valence-electron chi connectivity index (χ4n) is 6.93. The van der Waals surface area contributed by atoms with Gasteiger partial charge in [0.25, 0.3) is 0 Å². The summed E-state index contributed by atoms with van der Waals surface area (Å²) in [6.07, 6.45) is -2.51. The van der Waals surface area contributed by atoms with Crippen LogP contribution in [0.1, 0.15) is 36.0 Å². The average molecular weight is 570 g/mol. The number of carbonyl (C=O) groups is 2. The Morgan fingerprint density at radius 2 is 2.00 bits per heavy atom. The molecule has 1 aliphatic carbocycles. The van der Waals surface area contributed by atoms with E-state index in [1.54, 1.807) is 16.9 Å². The maximum absolute atomic E-state index is 14.3. The second-order valence-corrected chi connectivity index (χ2v) is 11.3. The molecule has 3 heterocycles. The summed E-state index contributed by atoms with van der Waals surface area (Å²) in [5, 5.41) is 3.70. The largest absolute Gasteiger partial charge is 0.447 e. The lowest BCUT2D eigenvalue weighted by atomic mass is 9.78. The molecule has 0 aromatic heterocycles. The minimum Gasteiger partial charge on any atom is -0.447 e. The third kappa shape index (κ3) is 5.81. The number of rotatable bonds is 7. The summed E-state index contributed by atoms with van der Waals surface area (Å²) in [6.45, 7) is 2.68. The number of alkyl halides is 3. The molecule has 3 fully saturated rings. The topological polar surface area (TPSA) is 89.6 Å². The van der Waals surface area contributed by atoms with Crippen molar-refractivity contribution in [3.63, 3.8) is 0 Å². The Labute approximate surface area is 232 Å². The van der Waals surface area contributed by atoms with Crippen LogP contribution in [0.2, 0.25) is 0 Å². The number of nitrogens with one attached hydrogen (secondary N) is 1. The van der Waals surface area contributed by atoms with E-state index in [0.717, 1.165) is 24.1 Å². The molecule has 1 aromatic carbocycles. The molecule has 1 N–H and O–H groups in total. The second-order valence-electron chi connectivity index (χ2n) is 11.3. The molecule has 0 radical (unpaired) electrons. The van der Waals surface area contributed by atoms with Crippen LogP contribution < -0.4 is 5.32 Å². The van der Waals surface area contributed by atoms with Crippen LogP contribution in [0.25, 0.3) is 0 Å². The molecule has 40 heavy (non-hydrogen) atoms. The van der Waals surface area contributed by atoms with Gasteiger partial charge in [0.1, 0.15) is 6.61 Å². The van der Waals surface area contributed by atoms with Gasteiger partial charge in [-0.15, -0.1) is 0 Å². The number of methoxy groups -OCH3 is 2. The highest BCUT2D eigenvalue weighted by atomic mass is 19.4. The fraction of sp³-hybridized carbons (Fsp3) is 0.714. The van der Waals surface area contributed by atoms with Gasteiger partial charge in [0.2, 0.25) is 5.91 Å². The molecule has 5 rings (SSSR count). The smallest absolute Gasteiger partial charge is 0.416 e. The van der Waals surface area contributed by atoms with Crippen molar-refractivity contribution < 1.29 is 41.7 Å². The van der Waals surface area contributed by atoms with Crippen LogP contribution in [-0.2, 0) is 42.9 Å². The zero-order valence-corrected chi connectivity index (χ0v) is 23.0. The van der Waals surface area contributed by atoms with Crippen molar-refractivity contribution in [3.05, 3.63) is 34.9 Å². The van der Waals surface area contributed by atoms with Gasteiger partial charge in [-0.1, -0.05) is 6.07 Å². The predicted octanol–water partition coefficient (Wildman–Crippen LogP) is 2.85. The lowest BCUT2D eigenvalue weighted by Crippen LogP contribution is -2.52. The molecule has 12 heteroatoms. The van der Waals surface area contributed by atoms with Crippen LogP contribution in [0.3, 0.4) is 0 Å². The number of amides is 2. The average Bonchev–Trinajstić information content (AvgIpc) is 3.47. The van der Waals surface area contributed by atoms with Crippen molar-refractivity contribution in [1.82, 2.24) is 15.1 Å². The van der Waals surface area contributed by atoms with Crippen molar-refractivity contribution >= 4 is 12.0 Å². The van der Waals surface area contributed by atoms with E-state index < -0.39 is 23.2 Å². The van der Waals surface area contributed by atoms with Crippen LogP contribution in [-0.4, -0.2) is 100 Å². The summed E-state index contributed by atoms with van der Waals surface area (Å²) in [4.78, 5) is 30.4. The van der Waals surface area contributed by atoms with Gasteiger partial charge in [-0.2, -0.15) is 13.2 Å². The predicted molar refractivity (Wildman–Crippen MR) is 137 cm³/mol. The van der Waals surface area contributed by atoms with Gasteiger partial charge in [0.15, 0.2) is 0 Å². The van der Waals surface area contributed by atoms with E-state index in [-0.39, 0.29) is 56.3 Å². The molecule has 0 bridgehead atoms. The number of nitrogens with zero attached hydrogens (tertiary/aromatic N) is 2. The number of benzene rings is 1. The summed E-state index contributed by atoms with van der Waals surface area (Å²) in [5.74, 6) is -0.205. The third-order valence-corrected chi connectivity index (χ3v) is 8.96. The first-order valence-electron chi connectivity index (χ1n) is 13.9. The summed E-state index contributed by atoms with van der Waals surface area (Å²) in [6, 6.07) is 3.91. The summed E-state index contributed by atoms with van der Waals surface area (Å²) in [7, 11) is 3.18. The van der Waals surface area contributed by atoms with E-state index in [0.29, 0.717) is 51.1 Å². The first-order chi connectivity index (χ1) is 19.1. The molecule has 3 aliphatic heterocycles. The molecule has 0 spiro atoms. The summed E-state index contributed by atoms with van der Waals surface area (Å²) >= 11 is 0. The molecule has 1 aromatic rings. The van der Waals surface area contributed by atoms with Crippen LogP contribution in [0, 0.1) is 11.3 Å². The normalized spacial score (nSPS) is 30.2. The van der Waals surface area contributed by atoms with Gasteiger partial charge in [0.05, 0.1) is 30.3 Å². The van der Waals surface area contributed by atoms with Crippen molar-refractivity contribution in [2.75, 3.05) is 60.3 Å². The Balaban J connectivity index is 1.35. The number of likely N-dealkylation sites (tertiary alicyclic amines) is 1. The molecule has 1 saturated carbocycles. The Morgan fingerprint density at radius 3 is 2.75 bits per heavy atom. The Morgan fingerprint density at radius 1 is 1.18 bits per heavy atom. The molecule has 2 amide bonds. The van der Waals surface area contributed by atoms with Crippen molar-refractivity contribution in [1.29, 1.82) is 0 Å². The van der Waals surface area contributed by atoms with Crippen molar-refractivity contribution in [3.8, 4) is 0 Å². The molecule has 2 saturated heterocycles. The number of fused-ring (bicyclic) bond motifs is 2. The monoisotopic (exact) mass is 569 g/mol. The van der Waals surface area contributed by atoms with Crippen LogP contribution in [0.4, 0.5) is 18.0 Å². The first kappa shape index (κ1) is 29.1. The zero-order valence-electron chi connectivity index (χ0n) is 23.0. The van der Waals surface area contributed by atoms with Crippen LogP contribution in [0.15, 0.2) is 18.2 Å². The molecule has 2 unspecified atom stereocenters. The molecular weight excluding hydrogens is 531 g/mol. The lowest BCUT2D eigenvalue weighted by Gasteiger charge is -2.38. The highest BCUT2D eigenvalue weighted by molar-refractivity contribution is 5.86. The highest BCUT2D eigenvalue weighted by Crippen LogP contribution is 2.51. The van der Waals surface area contributed by atoms with E-state index in [9.17, 15) is 22.8 Å². The standard InChI is InChI=1S/C28H38F3N3O6/c1-37-9-10-40-26(36)34-15-21-12-22(32-23-6-8-39-16-24(23)38-2)13-27(21,17-34)25(35)33-7-5-18-3-4-20(28(29,30)31)11-19(18)14-33/h3-4,11,21-24,32H,5-10,12-17H2,1-2H3/t21-,22+,23?,24?,27-/m0/s1. The maximum atomic E-state index is 14.3. The van der Waals surface area contributed by atoms with Gasteiger partial charge in [-0.3, -0.25) is 4.79 Å². The summed E-state index contributed by atoms with van der Waals surface area (Å²) in [5.41, 5.74) is -0.201. The molecular formula is C28H38F3N3O6. The highest BCUT2D eigenvalue weighted by Gasteiger charge is 2.60. The quantitative estimate of drug-likeness (QED) is 0.506. The summed E-state index contributed by atoms with van der Waals surface area (Å²) < 4.78 is 61.7. The first-order valence-corrected chi connectivity index (χ1v) is 13.9. The van der Waals surface area contributed by atoms with E-state index in [1.165, 1.54) is 13.2 Å². The number of carbonyl (C=O) groups excluding carboxylic acids is 2. The van der Waals surface area contributed by atoms with Crippen LogP contribution >= 0.6 is 0 Å². The third-order valence-electron chi connectivity index (χ3n) is 8.96. The van der Waals surface area contributed by atoms with Crippen LogP contribution in [0.5, 0.6) is 0 Å². The molecule has 222 valence electrons. The maximum Gasteiger partial charge on any atom is 0.416 e. The molecule has 9 nitrogen and oxygen atoms in total. The van der Waals surface area contributed by atoms with Gasteiger partial charge in [-0.25, -0.2) is 4.79 Å². The lowest BCUT2D eigenvalue weighted by molar-refractivity contribution is -0.143. The molecule has 4 aliphatic rings. The van der Waals surface area contributed by atoms with E-state index >= 15 is 0 Å². The molecule has 5 atom stereocenters. The van der Waals surface area contributed by atoms with E-state index in [2.05, 4.69) is 5.32 Å². The Hall–Kier alpha value is -2.41.